The van der Waals surface area contributed by atoms with Crippen LogP contribution in [0.3, 0.4) is 0 Å². The van der Waals surface area contributed by atoms with Gasteiger partial charge in [0.25, 0.3) is 11.6 Å². The molecule has 6 nitrogen and oxygen atoms in total. The second kappa shape index (κ2) is 6.37. The minimum atomic E-state index is -0.916. The lowest BCUT2D eigenvalue weighted by Gasteiger charge is -2.12. The normalized spacial score (nSPS) is 11.9. The van der Waals surface area contributed by atoms with Gasteiger partial charge in [-0.1, -0.05) is 0 Å². The first-order chi connectivity index (χ1) is 8.86. The third-order valence-corrected chi connectivity index (χ3v) is 3.18. The van der Waals surface area contributed by atoms with Crippen LogP contribution in [-0.4, -0.2) is 28.9 Å². The van der Waals surface area contributed by atoms with Crippen LogP contribution in [0.15, 0.2) is 12.1 Å². The lowest BCUT2D eigenvalue weighted by Crippen LogP contribution is -2.34. The number of carbonyl (C=O) groups excluding carboxylic acids is 1. The minimum absolute atomic E-state index is 0.159. The van der Waals surface area contributed by atoms with E-state index >= 15 is 0 Å². The third-order valence-electron chi connectivity index (χ3n) is 2.35. The molecule has 1 amide bonds. The Morgan fingerprint density at radius 3 is 2.79 bits per heavy atom. The lowest BCUT2D eigenvalue weighted by molar-refractivity contribution is -0.385. The van der Waals surface area contributed by atoms with Crippen molar-refractivity contribution in [3.63, 3.8) is 0 Å². The summed E-state index contributed by atoms with van der Waals surface area (Å²) < 4.78 is 13.2. The molecule has 8 heteroatoms. The molecule has 19 heavy (non-hydrogen) atoms. The van der Waals surface area contributed by atoms with Crippen LogP contribution >= 0.6 is 11.8 Å². The van der Waals surface area contributed by atoms with Crippen molar-refractivity contribution in [3.8, 4) is 0 Å². The van der Waals surface area contributed by atoms with Crippen molar-refractivity contribution >= 4 is 29.0 Å². The monoisotopic (exact) mass is 287 g/mol. The number of hydrogen-bond donors (Lipinski definition) is 2. The Morgan fingerprint density at radius 1 is 1.63 bits per heavy atom. The van der Waals surface area contributed by atoms with Crippen molar-refractivity contribution in [1.29, 1.82) is 0 Å². The Labute approximate surface area is 113 Å². The number of nitrogens with zero attached hydrogens (tertiary/aromatic N) is 1. The number of rotatable bonds is 5. The average Bonchev–Trinajstić information content (AvgIpc) is 2.31. The van der Waals surface area contributed by atoms with E-state index in [2.05, 4.69) is 5.32 Å². The molecular weight excluding hydrogens is 273 g/mol. The van der Waals surface area contributed by atoms with Crippen LogP contribution < -0.4 is 11.1 Å². The molecule has 0 radical (unpaired) electrons. The Balaban J connectivity index is 3.08. The highest BCUT2D eigenvalue weighted by atomic mass is 32.2. The zero-order valence-electron chi connectivity index (χ0n) is 10.5. The molecule has 1 rings (SSSR count). The first-order valence-corrected chi connectivity index (χ1v) is 6.79. The van der Waals surface area contributed by atoms with E-state index in [0.717, 1.165) is 6.07 Å². The fourth-order valence-electron chi connectivity index (χ4n) is 1.51. The van der Waals surface area contributed by atoms with E-state index in [-0.39, 0.29) is 17.3 Å². The number of amides is 1. The van der Waals surface area contributed by atoms with Gasteiger partial charge in [-0.2, -0.15) is 11.8 Å². The third kappa shape index (κ3) is 3.82. The Kier molecular flexibility index (Phi) is 5.11. The molecule has 104 valence electrons. The molecule has 0 fully saturated rings. The SMILES string of the molecule is CSCC(C)NC(=O)c1cc(N)c(F)cc1[N+](=O)[O-]. The summed E-state index contributed by atoms with van der Waals surface area (Å²) in [6.45, 7) is 1.77. The number of anilines is 1. The van der Waals surface area contributed by atoms with E-state index in [1.165, 1.54) is 11.8 Å². The van der Waals surface area contributed by atoms with Gasteiger partial charge in [-0.3, -0.25) is 14.9 Å². The maximum Gasteiger partial charge on any atom is 0.285 e. The molecule has 0 aliphatic carbocycles. The molecule has 0 aromatic heterocycles. The molecule has 0 spiro atoms. The number of nitrogens with one attached hydrogen (secondary N) is 1. The number of halogens is 1. The highest BCUT2D eigenvalue weighted by Gasteiger charge is 2.23. The quantitative estimate of drug-likeness (QED) is 0.489. The predicted molar refractivity (Wildman–Crippen MR) is 72.8 cm³/mol. The molecule has 0 heterocycles. The smallest absolute Gasteiger partial charge is 0.285 e. The Hall–Kier alpha value is -1.83. The number of thioether (sulfide) groups is 1. The van der Waals surface area contributed by atoms with Crippen molar-refractivity contribution in [3.05, 3.63) is 33.6 Å². The summed E-state index contributed by atoms with van der Waals surface area (Å²) in [5.41, 5.74) is 4.20. The van der Waals surface area contributed by atoms with Gasteiger partial charge in [0.1, 0.15) is 5.56 Å². The largest absolute Gasteiger partial charge is 0.396 e. The van der Waals surface area contributed by atoms with Crippen LogP contribution in [0, 0.1) is 15.9 Å². The summed E-state index contributed by atoms with van der Waals surface area (Å²) in [5, 5.41) is 13.4. The maximum atomic E-state index is 13.2. The molecule has 1 unspecified atom stereocenters. The van der Waals surface area contributed by atoms with Gasteiger partial charge in [-0.05, 0) is 19.2 Å². The second-order valence-electron chi connectivity index (χ2n) is 3.98. The van der Waals surface area contributed by atoms with Gasteiger partial charge >= 0.3 is 0 Å². The summed E-state index contributed by atoms with van der Waals surface area (Å²) in [7, 11) is 0. The van der Waals surface area contributed by atoms with Crippen LogP contribution in [0.2, 0.25) is 0 Å². The molecule has 1 atom stereocenters. The standard InChI is InChI=1S/C11H14FN3O3S/c1-6(5-19-2)14-11(16)7-3-9(13)8(12)4-10(7)15(17)18/h3-4,6H,5,13H2,1-2H3,(H,14,16). The summed E-state index contributed by atoms with van der Waals surface area (Å²) in [4.78, 5) is 21.9. The van der Waals surface area contributed by atoms with Crippen LogP contribution in [0.4, 0.5) is 15.8 Å². The van der Waals surface area contributed by atoms with E-state index in [1.807, 2.05) is 6.26 Å². The minimum Gasteiger partial charge on any atom is -0.396 e. The zero-order valence-corrected chi connectivity index (χ0v) is 11.3. The van der Waals surface area contributed by atoms with E-state index in [4.69, 9.17) is 5.73 Å². The fraction of sp³-hybridized carbons (Fsp3) is 0.364. The molecule has 0 aliphatic heterocycles. The fourth-order valence-corrected chi connectivity index (χ4v) is 2.09. The maximum absolute atomic E-state index is 13.2. The average molecular weight is 287 g/mol. The van der Waals surface area contributed by atoms with Crippen LogP contribution in [-0.2, 0) is 0 Å². The summed E-state index contributed by atoms with van der Waals surface area (Å²) in [6, 6.07) is 1.48. The Morgan fingerprint density at radius 2 is 2.26 bits per heavy atom. The van der Waals surface area contributed by atoms with Gasteiger partial charge < -0.3 is 11.1 Å². The molecule has 0 saturated heterocycles. The lowest BCUT2D eigenvalue weighted by atomic mass is 10.1. The van der Waals surface area contributed by atoms with E-state index in [9.17, 15) is 19.3 Å². The van der Waals surface area contributed by atoms with Gasteiger partial charge in [-0.25, -0.2) is 4.39 Å². The van der Waals surface area contributed by atoms with Gasteiger partial charge in [0.15, 0.2) is 5.82 Å². The van der Waals surface area contributed by atoms with Crippen molar-refractivity contribution in [2.24, 2.45) is 0 Å². The molecule has 3 N–H and O–H groups in total. The van der Waals surface area contributed by atoms with Crippen molar-refractivity contribution in [2.45, 2.75) is 13.0 Å². The van der Waals surface area contributed by atoms with Crippen LogP contribution in [0.5, 0.6) is 0 Å². The molecule has 1 aromatic rings. The predicted octanol–water partition coefficient (Wildman–Crippen LogP) is 1.80. The number of benzene rings is 1. The molecule has 0 aliphatic rings. The first-order valence-electron chi connectivity index (χ1n) is 5.40. The van der Waals surface area contributed by atoms with Gasteiger partial charge in [-0.15, -0.1) is 0 Å². The van der Waals surface area contributed by atoms with Crippen molar-refractivity contribution < 1.29 is 14.1 Å². The summed E-state index contributed by atoms with van der Waals surface area (Å²) in [5.74, 6) is -0.892. The number of carbonyl (C=O) groups is 1. The van der Waals surface area contributed by atoms with E-state index in [1.54, 1.807) is 6.92 Å². The van der Waals surface area contributed by atoms with E-state index in [0.29, 0.717) is 11.8 Å². The van der Waals surface area contributed by atoms with Gasteiger partial charge in [0.05, 0.1) is 16.7 Å². The van der Waals surface area contributed by atoms with Crippen molar-refractivity contribution in [2.75, 3.05) is 17.7 Å². The number of nitrogens with two attached hydrogens (primary N) is 1. The van der Waals surface area contributed by atoms with Gasteiger partial charge in [0.2, 0.25) is 0 Å². The summed E-state index contributed by atoms with van der Waals surface area (Å²) in [6.07, 6.45) is 1.88. The topological polar surface area (TPSA) is 98.3 Å². The second-order valence-corrected chi connectivity index (χ2v) is 4.89. The number of hydrogen-bond acceptors (Lipinski definition) is 5. The first kappa shape index (κ1) is 15.2. The summed E-state index contributed by atoms with van der Waals surface area (Å²) >= 11 is 1.53. The molecule has 0 bridgehead atoms. The van der Waals surface area contributed by atoms with E-state index < -0.39 is 22.3 Å². The van der Waals surface area contributed by atoms with Crippen LogP contribution in [0.25, 0.3) is 0 Å². The highest BCUT2D eigenvalue weighted by molar-refractivity contribution is 7.98. The zero-order chi connectivity index (χ0) is 14.6. The number of nitro benzene ring substituents is 1. The number of nitro groups is 1. The Bertz CT molecular complexity index is 510. The molecule has 0 saturated carbocycles. The molecule has 1 aromatic carbocycles. The van der Waals surface area contributed by atoms with Crippen LogP contribution in [0.1, 0.15) is 17.3 Å². The molecular formula is C11H14FN3O3S. The van der Waals surface area contributed by atoms with Crippen molar-refractivity contribution in [1.82, 2.24) is 5.32 Å². The highest BCUT2D eigenvalue weighted by Crippen LogP contribution is 2.24. The number of nitrogen functional groups attached to an aromatic ring is 1. The van der Waals surface area contributed by atoms with Gasteiger partial charge in [0, 0.05) is 11.8 Å².